The van der Waals surface area contributed by atoms with E-state index in [0.29, 0.717) is 21.4 Å². The van der Waals surface area contributed by atoms with Crippen molar-refractivity contribution < 1.29 is 4.79 Å². The van der Waals surface area contributed by atoms with Gasteiger partial charge in [-0.25, -0.2) is 9.97 Å². The lowest BCUT2D eigenvalue weighted by Gasteiger charge is -2.02. The Morgan fingerprint density at radius 1 is 1.21 bits per heavy atom. The molecule has 0 spiro atoms. The molecular formula is C18H16ClN3OS. The van der Waals surface area contributed by atoms with Crippen LogP contribution in [0.5, 0.6) is 0 Å². The lowest BCUT2D eigenvalue weighted by molar-refractivity contribution is 0.102. The topological polar surface area (TPSA) is 54.9 Å². The second-order valence-electron chi connectivity index (χ2n) is 5.30. The number of anilines is 1. The summed E-state index contributed by atoms with van der Waals surface area (Å²) in [5, 5.41) is 4.14. The van der Waals surface area contributed by atoms with Crippen LogP contribution in [0.2, 0.25) is 5.02 Å². The van der Waals surface area contributed by atoms with Gasteiger partial charge in [-0.2, -0.15) is 0 Å². The Balaban J connectivity index is 1.82. The summed E-state index contributed by atoms with van der Waals surface area (Å²) < 4.78 is 0. The van der Waals surface area contributed by atoms with E-state index in [0.717, 1.165) is 17.0 Å². The smallest absolute Gasteiger partial charge is 0.268 e. The minimum absolute atomic E-state index is 0.212. The molecule has 4 nitrogen and oxygen atoms in total. The van der Waals surface area contributed by atoms with Crippen LogP contribution in [0.25, 0.3) is 10.6 Å². The minimum atomic E-state index is -0.212. The van der Waals surface area contributed by atoms with Gasteiger partial charge in [0, 0.05) is 11.8 Å². The molecule has 1 aromatic carbocycles. The SMILES string of the molecule is CCc1ccc(-c2nc(C)c(C(=O)Nc3ccc(Cl)cn3)s2)cc1. The maximum Gasteiger partial charge on any atom is 0.268 e. The number of hydrogen-bond donors (Lipinski definition) is 1. The summed E-state index contributed by atoms with van der Waals surface area (Å²) in [6, 6.07) is 11.6. The van der Waals surface area contributed by atoms with Crippen LogP contribution in [0.3, 0.4) is 0 Å². The normalized spacial score (nSPS) is 10.6. The zero-order valence-corrected chi connectivity index (χ0v) is 14.9. The second kappa shape index (κ2) is 7.11. The Labute approximate surface area is 149 Å². The zero-order chi connectivity index (χ0) is 17.1. The Kier molecular flexibility index (Phi) is 4.92. The van der Waals surface area contributed by atoms with Gasteiger partial charge >= 0.3 is 0 Å². The monoisotopic (exact) mass is 357 g/mol. The minimum Gasteiger partial charge on any atom is -0.306 e. The lowest BCUT2D eigenvalue weighted by Crippen LogP contribution is -2.12. The number of benzene rings is 1. The van der Waals surface area contributed by atoms with Crippen LogP contribution in [0.1, 0.15) is 27.9 Å². The summed E-state index contributed by atoms with van der Waals surface area (Å²) in [7, 11) is 0. The number of aryl methyl sites for hydroxylation is 2. The molecule has 0 aliphatic heterocycles. The van der Waals surface area contributed by atoms with Crippen LogP contribution in [0.4, 0.5) is 5.82 Å². The number of aromatic nitrogens is 2. The molecule has 0 unspecified atom stereocenters. The summed E-state index contributed by atoms with van der Waals surface area (Å²) in [5.41, 5.74) is 3.00. The number of carbonyl (C=O) groups excluding carboxylic acids is 1. The highest BCUT2D eigenvalue weighted by molar-refractivity contribution is 7.17. The lowest BCUT2D eigenvalue weighted by atomic mass is 10.1. The third kappa shape index (κ3) is 3.63. The van der Waals surface area contributed by atoms with Gasteiger partial charge in [0.05, 0.1) is 10.7 Å². The number of hydrogen-bond acceptors (Lipinski definition) is 4. The molecule has 0 fully saturated rings. The van der Waals surface area contributed by atoms with E-state index in [-0.39, 0.29) is 5.91 Å². The number of amides is 1. The predicted molar refractivity (Wildman–Crippen MR) is 98.9 cm³/mol. The van der Waals surface area contributed by atoms with Gasteiger partial charge in [0.15, 0.2) is 0 Å². The first-order valence-corrected chi connectivity index (χ1v) is 8.76. The molecule has 0 bridgehead atoms. The molecule has 0 aliphatic carbocycles. The van der Waals surface area contributed by atoms with Crippen molar-refractivity contribution >= 4 is 34.7 Å². The molecular weight excluding hydrogens is 342 g/mol. The van der Waals surface area contributed by atoms with E-state index in [1.165, 1.54) is 23.1 Å². The van der Waals surface area contributed by atoms with Crippen LogP contribution in [0.15, 0.2) is 42.6 Å². The van der Waals surface area contributed by atoms with Crippen LogP contribution >= 0.6 is 22.9 Å². The largest absolute Gasteiger partial charge is 0.306 e. The van der Waals surface area contributed by atoms with Crippen LogP contribution in [-0.2, 0) is 6.42 Å². The van der Waals surface area contributed by atoms with Crippen molar-refractivity contribution in [3.63, 3.8) is 0 Å². The molecule has 0 saturated carbocycles. The number of halogens is 1. The Bertz CT molecular complexity index is 857. The number of nitrogens with one attached hydrogen (secondary N) is 1. The molecule has 3 aromatic rings. The number of pyridine rings is 1. The van der Waals surface area contributed by atoms with E-state index >= 15 is 0 Å². The van der Waals surface area contributed by atoms with Gasteiger partial charge in [-0.05, 0) is 31.0 Å². The van der Waals surface area contributed by atoms with E-state index in [1.54, 1.807) is 12.1 Å². The van der Waals surface area contributed by atoms with E-state index in [1.807, 2.05) is 19.1 Å². The number of nitrogens with zero attached hydrogens (tertiary/aromatic N) is 2. The maximum absolute atomic E-state index is 12.5. The summed E-state index contributed by atoms with van der Waals surface area (Å²) in [5.74, 6) is 0.252. The molecule has 0 atom stereocenters. The fourth-order valence-electron chi connectivity index (χ4n) is 2.24. The second-order valence-corrected chi connectivity index (χ2v) is 6.74. The van der Waals surface area contributed by atoms with Gasteiger partial charge in [0.2, 0.25) is 0 Å². The molecule has 1 amide bonds. The molecule has 6 heteroatoms. The van der Waals surface area contributed by atoms with E-state index in [9.17, 15) is 4.79 Å². The first kappa shape index (κ1) is 16.6. The van der Waals surface area contributed by atoms with Gasteiger partial charge < -0.3 is 5.32 Å². The third-order valence-corrected chi connectivity index (χ3v) is 5.01. The van der Waals surface area contributed by atoms with Gasteiger partial charge in [0.1, 0.15) is 15.7 Å². The first-order chi connectivity index (χ1) is 11.6. The molecule has 24 heavy (non-hydrogen) atoms. The fraction of sp³-hybridized carbons (Fsp3) is 0.167. The van der Waals surface area contributed by atoms with Crippen LogP contribution < -0.4 is 5.32 Å². The predicted octanol–water partition coefficient (Wildman–Crippen LogP) is 4.98. The van der Waals surface area contributed by atoms with Crippen molar-refractivity contribution in [1.29, 1.82) is 0 Å². The molecule has 1 N–H and O–H groups in total. The highest BCUT2D eigenvalue weighted by Crippen LogP contribution is 2.28. The highest BCUT2D eigenvalue weighted by atomic mass is 35.5. The van der Waals surface area contributed by atoms with Gasteiger partial charge in [-0.1, -0.05) is 42.8 Å². The summed E-state index contributed by atoms with van der Waals surface area (Å²) in [4.78, 5) is 21.6. The van der Waals surface area contributed by atoms with Crippen LogP contribution in [0, 0.1) is 6.92 Å². The molecule has 0 aliphatic rings. The molecule has 0 radical (unpaired) electrons. The quantitative estimate of drug-likeness (QED) is 0.716. The average Bonchev–Trinajstić information content (AvgIpc) is 2.99. The summed E-state index contributed by atoms with van der Waals surface area (Å²) in [6.45, 7) is 3.96. The molecule has 2 heterocycles. The van der Waals surface area contributed by atoms with Gasteiger partial charge in [-0.15, -0.1) is 11.3 Å². The van der Waals surface area contributed by atoms with Crippen molar-refractivity contribution in [2.75, 3.05) is 5.32 Å². The summed E-state index contributed by atoms with van der Waals surface area (Å²) in [6.07, 6.45) is 2.50. The highest BCUT2D eigenvalue weighted by Gasteiger charge is 2.16. The van der Waals surface area contributed by atoms with Crippen molar-refractivity contribution in [1.82, 2.24) is 9.97 Å². The van der Waals surface area contributed by atoms with E-state index < -0.39 is 0 Å². The standard InChI is InChI=1S/C18H16ClN3OS/c1-3-12-4-6-13(7-5-12)18-21-11(2)16(24-18)17(23)22-15-9-8-14(19)10-20-15/h4-10H,3H2,1-2H3,(H,20,22,23). The summed E-state index contributed by atoms with van der Waals surface area (Å²) >= 11 is 7.18. The fourth-order valence-corrected chi connectivity index (χ4v) is 3.32. The molecule has 2 aromatic heterocycles. The average molecular weight is 358 g/mol. The van der Waals surface area contributed by atoms with E-state index in [4.69, 9.17) is 11.6 Å². The number of carbonyl (C=O) groups is 1. The Morgan fingerprint density at radius 3 is 2.58 bits per heavy atom. The molecule has 0 saturated heterocycles. The van der Waals surface area contributed by atoms with Gasteiger partial charge in [-0.3, -0.25) is 4.79 Å². The van der Waals surface area contributed by atoms with Crippen molar-refractivity contribution in [3.8, 4) is 10.6 Å². The molecule has 3 rings (SSSR count). The number of rotatable bonds is 4. The first-order valence-electron chi connectivity index (χ1n) is 7.56. The van der Waals surface area contributed by atoms with Crippen molar-refractivity contribution in [2.45, 2.75) is 20.3 Å². The van der Waals surface area contributed by atoms with E-state index in [2.05, 4.69) is 34.3 Å². The van der Waals surface area contributed by atoms with Crippen molar-refractivity contribution in [2.24, 2.45) is 0 Å². The van der Waals surface area contributed by atoms with Crippen molar-refractivity contribution in [3.05, 3.63) is 63.8 Å². The Morgan fingerprint density at radius 2 is 1.96 bits per heavy atom. The Hall–Kier alpha value is -2.24. The zero-order valence-electron chi connectivity index (χ0n) is 13.3. The number of thiazole rings is 1. The van der Waals surface area contributed by atoms with Gasteiger partial charge in [0.25, 0.3) is 5.91 Å². The van der Waals surface area contributed by atoms with Crippen LogP contribution in [-0.4, -0.2) is 15.9 Å². The molecule has 122 valence electrons. The maximum atomic E-state index is 12.5. The third-order valence-electron chi connectivity index (χ3n) is 3.58.